The van der Waals surface area contributed by atoms with Crippen molar-refractivity contribution < 1.29 is 9.53 Å². The summed E-state index contributed by atoms with van der Waals surface area (Å²) in [6, 6.07) is 9.85. The summed E-state index contributed by atoms with van der Waals surface area (Å²) in [7, 11) is 0. The maximum absolute atomic E-state index is 12.1. The van der Waals surface area contributed by atoms with Gasteiger partial charge >= 0.3 is 6.09 Å². The van der Waals surface area contributed by atoms with Crippen LogP contribution in [0, 0.1) is 5.92 Å². The van der Waals surface area contributed by atoms with Crippen LogP contribution in [0.1, 0.15) is 44.1 Å². The van der Waals surface area contributed by atoms with Crippen molar-refractivity contribution in [1.29, 1.82) is 0 Å². The van der Waals surface area contributed by atoms with Gasteiger partial charge in [0, 0.05) is 18.4 Å². The summed E-state index contributed by atoms with van der Waals surface area (Å²) in [5, 5.41) is 1.11. The van der Waals surface area contributed by atoms with Crippen LogP contribution in [-0.4, -0.2) is 29.4 Å². The van der Waals surface area contributed by atoms with Gasteiger partial charge < -0.3 is 9.64 Å². The molecule has 2 rings (SSSR count). The summed E-state index contributed by atoms with van der Waals surface area (Å²) < 4.78 is 5.40. The molecule has 1 fully saturated rings. The molecule has 0 radical (unpaired) electrons. The van der Waals surface area contributed by atoms with Crippen molar-refractivity contribution in [2.24, 2.45) is 5.92 Å². The van der Waals surface area contributed by atoms with Crippen molar-refractivity contribution in [3.8, 4) is 0 Å². The summed E-state index contributed by atoms with van der Waals surface area (Å²) in [5.74, 6) is 0.786. The SMILES string of the molecule is O=C(OCc1ccccc1)N1CCC(CCCCCBr)CC1. The minimum atomic E-state index is -0.165. The van der Waals surface area contributed by atoms with Crippen LogP contribution >= 0.6 is 15.9 Å². The number of ether oxygens (including phenoxy) is 1. The number of alkyl halides is 1. The lowest BCUT2D eigenvalue weighted by Crippen LogP contribution is -2.38. The Balaban J connectivity index is 1.62. The van der Waals surface area contributed by atoms with Crippen molar-refractivity contribution in [2.75, 3.05) is 18.4 Å². The minimum Gasteiger partial charge on any atom is -0.445 e. The quantitative estimate of drug-likeness (QED) is 0.501. The van der Waals surface area contributed by atoms with Crippen molar-refractivity contribution in [1.82, 2.24) is 4.90 Å². The van der Waals surface area contributed by atoms with E-state index < -0.39 is 0 Å². The van der Waals surface area contributed by atoms with Crippen LogP contribution in [0.4, 0.5) is 4.79 Å². The molecule has 0 N–H and O–H groups in total. The summed E-state index contributed by atoms with van der Waals surface area (Å²) in [4.78, 5) is 13.9. The highest BCUT2D eigenvalue weighted by molar-refractivity contribution is 9.09. The van der Waals surface area contributed by atoms with E-state index in [1.54, 1.807) is 0 Å². The first-order valence-electron chi connectivity index (χ1n) is 8.31. The first-order chi connectivity index (χ1) is 10.8. The molecular weight excluding hydrogens is 342 g/mol. The molecule has 0 atom stereocenters. The average molecular weight is 368 g/mol. The van der Waals surface area contributed by atoms with E-state index in [0.29, 0.717) is 6.61 Å². The zero-order chi connectivity index (χ0) is 15.6. The Bertz CT molecular complexity index is 430. The molecule has 1 saturated heterocycles. The van der Waals surface area contributed by atoms with Gasteiger partial charge in [0.15, 0.2) is 0 Å². The molecule has 0 unspecified atom stereocenters. The third kappa shape index (κ3) is 5.99. The number of nitrogens with zero attached hydrogens (tertiary/aromatic N) is 1. The van der Waals surface area contributed by atoms with Crippen molar-refractivity contribution in [3.63, 3.8) is 0 Å². The highest BCUT2D eigenvalue weighted by Crippen LogP contribution is 2.23. The zero-order valence-electron chi connectivity index (χ0n) is 13.2. The Kier molecular flexibility index (Phi) is 7.78. The second-order valence-corrected chi connectivity index (χ2v) is 6.80. The summed E-state index contributed by atoms with van der Waals surface area (Å²) in [6.07, 6.45) is 7.27. The molecule has 1 heterocycles. The molecule has 1 aliphatic rings. The topological polar surface area (TPSA) is 29.5 Å². The van der Waals surface area contributed by atoms with Gasteiger partial charge in [-0.25, -0.2) is 4.79 Å². The second-order valence-electron chi connectivity index (χ2n) is 6.01. The fraction of sp³-hybridized carbons (Fsp3) is 0.611. The van der Waals surface area contributed by atoms with Crippen LogP contribution in [0.5, 0.6) is 0 Å². The molecule has 1 aromatic carbocycles. The molecule has 122 valence electrons. The lowest BCUT2D eigenvalue weighted by atomic mass is 9.91. The maximum atomic E-state index is 12.1. The number of piperidine rings is 1. The number of benzene rings is 1. The number of hydrogen-bond acceptors (Lipinski definition) is 2. The van der Waals surface area contributed by atoms with E-state index in [-0.39, 0.29) is 6.09 Å². The van der Waals surface area contributed by atoms with Crippen LogP contribution in [0.15, 0.2) is 30.3 Å². The standard InChI is InChI=1S/C18H26BrNO2/c19-12-6-2-5-7-16-10-13-20(14-11-16)18(21)22-15-17-8-3-1-4-9-17/h1,3-4,8-9,16H,2,5-7,10-15H2. The van der Waals surface area contributed by atoms with Crippen LogP contribution in [0.25, 0.3) is 0 Å². The van der Waals surface area contributed by atoms with Gasteiger partial charge in [-0.3, -0.25) is 0 Å². The van der Waals surface area contributed by atoms with E-state index in [2.05, 4.69) is 15.9 Å². The molecule has 3 nitrogen and oxygen atoms in total. The third-order valence-electron chi connectivity index (χ3n) is 4.32. The lowest BCUT2D eigenvalue weighted by Gasteiger charge is -2.31. The van der Waals surface area contributed by atoms with Gasteiger partial charge in [0.2, 0.25) is 0 Å². The van der Waals surface area contributed by atoms with Crippen LogP contribution < -0.4 is 0 Å². The van der Waals surface area contributed by atoms with Gasteiger partial charge in [-0.05, 0) is 30.7 Å². The molecule has 1 aromatic rings. The molecule has 4 heteroatoms. The Morgan fingerprint density at radius 3 is 2.55 bits per heavy atom. The Labute approximate surface area is 142 Å². The first-order valence-corrected chi connectivity index (χ1v) is 9.43. The first kappa shape index (κ1) is 17.3. The van der Waals surface area contributed by atoms with E-state index in [4.69, 9.17) is 4.74 Å². The summed E-state index contributed by atoms with van der Waals surface area (Å²) in [6.45, 7) is 2.06. The number of likely N-dealkylation sites (tertiary alicyclic amines) is 1. The van der Waals surface area contributed by atoms with Crippen molar-refractivity contribution in [2.45, 2.75) is 45.1 Å². The highest BCUT2D eigenvalue weighted by Gasteiger charge is 2.23. The van der Waals surface area contributed by atoms with Gasteiger partial charge in [0.25, 0.3) is 0 Å². The van der Waals surface area contributed by atoms with Crippen LogP contribution in [-0.2, 0) is 11.3 Å². The van der Waals surface area contributed by atoms with Gasteiger partial charge in [-0.15, -0.1) is 0 Å². The number of halogens is 1. The molecule has 0 aromatic heterocycles. The smallest absolute Gasteiger partial charge is 0.410 e. The molecule has 1 aliphatic heterocycles. The molecule has 1 amide bonds. The van der Waals surface area contributed by atoms with E-state index in [0.717, 1.165) is 42.7 Å². The van der Waals surface area contributed by atoms with E-state index in [1.807, 2.05) is 35.2 Å². The summed E-state index contributed by atoms with van der Waals surface area (Å²) >= 11 is 3.47. The maximum Gasteiger partial charge on any atom is 0.410 e. The molecular formula is C18H26BrNO2. The zero-order valence-corrected chi connectivity index (χ0v) is 14.8. The van der Waals surface area contributed by atoms with E-state index >= 15 is 0 Å². The highest BCUT2D eigenvalue weighted by atomic mass is 79.9. The van der Waals surface area contributed by atoms with Gasteiger partial charge in [-0.1, -0.05) is 65.5 Å². The van der Waals surface area contributed by atoms with Crippen molar-refractivity contribution in [3.05, 3.63) is 35.9 Å². The Morgan fingerprint density at radius 1 is 1.14 bits per heavy atom. The predicted molar refractivity (Wildman–Crippen MR) is 93.2 cm³/mol. The number of amides is 1. The second kappa shape index (κ2) is 9.88. The molecule has 0 saturated carbocycles. The lowest BCUT2D eigenvalue weighted by molar-refractivity contribution is 0.0813. The minimum absolute atomic E-state index is 0.165. The number of carbonyl (C=O) groups excluding carboxylic acids is 1. The molecule has 0 aliphatic carbocycles. The number of carbonyl (C=O) groups is 1. The fourth-order valence-corrected chi connectivity index (χ4v) is 3.32. The Morgan fingerprint density at radius 2 is 1.86 bits per heavy atom. The van der Waals surface area contributed by atoms with Crippen LogP contribution in [0.2, 0.25) is 0 Å². The molecule has 0 bridgehead atoms. The van der Waals surface area contributed by atoms with Crippen molar-refractivity contribution >= 4 is 22.0 Å². The fourth-order valence-electron chi connectivity index (χ4n) is 2.92. The number of rotatable bonds is 7. The van der Waals surface area contributed by atoms with Gasteiger partial charge in [-0.2, -0.15) is 0 Å². The van der Waals surface area contributed by atoms with E-state index in [1.165, 1.54) is 25.7 Å². The number of unbranched alkanes of at least 4 members (excludes halogenated alkanes) is 2. The van der Waals surface area contributed by atoms with Gasteiger partial charge in [0.05, 0.1) is 0 Å². The van der Waals surface area contributed by atoms with Gasteiger partial charge in [0.1, 0.15) is 6.61 Å². The largest absolute Gasteiger partial charge is 0.445 e. The third-order valence-corrected chi connectivity index (χ3v) is 4.88. The number of hydrogen-bond donors (Lipinski definition) is 0. The summed E-state index contributed by atoms with van der Waals surface area (Å²) in [5.41, 5.74) is 1.04. The predicted octanol–water partition coefficient (Wildman–Crippen LogP) is 4.99. The monoisotopic (exact) mass is 367 g/mol. The van der Waals surface area contributed by atoms with E-state index in [9.17, 15) is 4.79 Å². The average Bonchev–Trinajstić information content (AvgIpc) is 2.58. The van der Waals surface area contributed by atoms with Crippen LogP contribution in [0.3, 0.4) is 0 Å². The Hall–Kier alpha value is -1.03. The molecule has 0 spiro atoms. The normalized spacial score (nSPS) is 15.8. The molecule has 22 heavy (non-hydrogen) atoms.